The fourth-order valence-electron chi connectivity index (χ4n) is 7.79. The molecule has 1 aromatic carbocycles. The van der Waals surface area contributed by atoms with E-state index in [0.29, 0.717) is 17.7 Å². The lowest BCUT2D eigenvalue weighted by Crippen LogP contribution is -2.59. The Hall–Kier alpha value is -6.88. The molecule has 0 saturated heterocycles. The second-order valence-electron chi connectivity index (χ2n) is 19.4. The molecule has 0 unspecified atom stereocenters. The Morgan fingerprint density at radius 2 is 1.38 bits per heavy atom. The van der Waals surface area contributed by atoms with Crippen LogP contribution in [0.1, 0.15) is 91.8 Å². The number of aromatic amines is 1. The maximum atomic E-state index is 14.0. The molecule has 0 fully saturated rings. The number of aryl methyl sites for hydroxylation is 1. The third-order valence-corrected chi connectivity index (χ3v) is 11.8. The molecule has 392 valence electrons. The zero-order valence-corrected chi connectivity index (χ0v) is 42.2. The second kappa shape index (κ2) is 27.5. The summed E-state index contributed by atoms with van der Waals surface area (Å²) in [5.74, 6) is -6.80. The van der Waals surface area contributed by atoms with Crippen LogP contribution in [-0.4, -0.2) is 140 Å². The summed E-state index contributed by atoms with van der Waals surface area (Å²) in [4.78, 5) is 127. The van der Waals surface area contributed by atoms with Crippen LogP contribution in [-0.2, 0) is 63.0 Å². The minimum Gasteiger partial charge on any atom is -0.390 e. The fourth-order valence-corrected chi connectivity index (χ4v) is 7.79. The van der Waals surface area contributed by atoms with E-state index in [4.69, 9.17) is 17.2 Å². The van der Waals surface area contributed by atoms with Gasteiger partial charge >= 0.3 is 0 Å². The predicted molar refractivity (Wildman–Crippen MR) is 264 cm³/mol. The molecule has 14 N–H and O–H groups in total. The number of aliphatic hydroxyl groups is 1. The summed E-state index contributed by atoms with van der Waals surface area (Å²) in [5.41, 5.74) is 18.8. The first-order valence-corrected chi connectivity index (χ1v) is 23.8. The number of fused-ring (bicyclic) bond motifs is 1. The Morgan fingerprint density at radius 3 is 1.97 bits per heavy atom. The van der Waals surface area contributed by atoms with Gasteiger partial charge in [0.05, 0.1) is 37.5 Å². The van der Waals surface area contributed by atoms with E-state index in [1.807, 2.05) is 52.0 Å². The number of rotatable bonds is 29. The zero-order chi connectivity index (χ0) is 53.3. The molecule has 23 nitrogen and oxygen atoms in total. The van der Waals surface area contributed by atoms with Crippen molar-refractivity contribution in [3.05, 3.63) is 54.2 Å². The van der Waals surface area contributed by atoms with E-state index in [0.717, 1.165) is 15.8 Å². The minimum atomic E-state index is -1.39. The average Bonchev–Trinajstić information content (AvgIpc) is 3.89. The molecule has 0 aliphatic heterocycles. The van der Waals surface area contributed by atoms with Crippen molar-refractivity contribution >= 4 is 64.1 Å². The van der Waals surface area contributed by atoms with Gasteiger partial charge in [0.25, 0.3) is 0 Å². The lowest BCUT2D eigenvalue weighted by Gasteiger charge is -2.30. The van der Waals surface area contributed by atoms with Gasteiger partial charge in [-0.3, -0.25) is 43.2 Å². The Labute approximate surface area is 414 Å². The van der Waals surface area contributed by atoms with Crippen molar-refractivity contribution in [2.24, 2.45) is 42.0 Å². The van der Waals surface area contributed by atoms with E-state index >= 15 is 0 Å². The molecule has 0 bridgehead atoms. The van der Waals surface area contributed by atoms with E-state index in [9.17, 15) is 48.3 Å². The minimum absolute atomic E-state index is 0.000928. The molecule has 9 amide bonds. The molecule has 0 aliphatic rings. The van der Waals surface area contributed by atoms with Crippen molar-refractivity contribution < 1.29 is 48.3 Å². The first-order valence-electron chi connectivity index (χ1n) is 23.8. The third kappa shape index (κ3) is 18.8. The van der Waals surface area contributed by atoms with Gasteiger partial charge in [-0.15, -0.1) is 0 Å². The molecule has 0 spiro atoms. The number of aliphatic hydroxyl groups excluding tert-OH is 1. The Bertz CT molecular complexity index is 2330. The molecule has 2 heterocycles. The summed E-state index contributed by atoms with van der Waals surface area (Å²) < 4.78 is 1.66. The number of amides is 9. The highest BCUT2D eigenvalue weighted by atomic mass is 16.3. The molecule has 0 aliphatic carbocycles. The van der Waals surface area contributed by atoms with Crippen molar-refractivity contribution in [3.63, 3.8) is 0 Å². The lowest BCUT2D eigenvalue weighted by molar-refractivity contribution is -0.140. The van der Waals surface area contributed by atoms with Crippen LogP contribution in [0.3, 0.4) is 0 Å². The van der Waals surface area contributed by atoms with Crippen LogP contribution in [0.4, 0.5) is 0 Å². The highest BCUT2D eigenvalue weighted by Crippen LogP contribution is 2.20. The molecule has 23 heteroatoms. The number of hydrogen-bond acceptors (Lipinski definition) is 12. The number of aromatic nitrogens is 3. The van der Waals surface area contributed by atoms with Gasteiger partial charge in [0, 0.05) is 62.3 Å². The summed E-state index contributed by atoms with van der Waals surface area (Å²) in [5, 5.41) is 28.0. The smallest absolute Gasteiger partial charge is 0.245 e. The zero-order valence-electron chi connectivity index (χ0n) is 42.2. The highest BCUT2D eigenvalue weighted by molar-refractivity contribution is 5.96. The number of primary amides is 2. The second-order valence-corrected chi connectivity index (χ2v) is 19.4. The number of nitrogens with one attached hydrogen (secondary N) is 7. The monoisotopic (exact) mass is 994 g/mol. The van der Waals surface area contributed by atoms with Crippen molar-refractivity contribution in [1.82, 2.24) is 51.3 Å². The van der Waals surface area contributed by atoms with E-state index in [1.54, 1.807) is 31.7 Å². The van der Waals surface area contributed by atoms with Crippen LogP contribution in [0.15, 0.2) is 43.0 Å². The Kier molecular flexibility index (Phi) is 22.6. The molecular weight excluding hydrogens is 919 g/mol. The number of para-hydroxylation sites is 1. The third-order valence-electron chi connectivity index (χ3n) is 11.8. The first-order chi connectivity index (χ1) is 33.3. The van der Waals surface area contributed by atoms with E-state index in [2.05, 4.69) is 41.9 Å². The lowest BCUT2D eigenvalue weighted by atomic mass is 9.96. The van der Waals surface area contributed by atoms with Gasteiger partial charge in [-0.2, -0.15) is 0 Å². The van der Waals surface area contributed by atoms with Crippen LogP contribution in [0.2, 0.25) is 0 Å². The summed E-state index contributed by atoms with van der Waals surface area (Å²) in [6.07, 6.45) is 3.18. The molecule has 0 saturated carbocycles. The SMILES string of the molecule is CC(C)C[C@H](NC(=O)C[C@@H](O)[C@@H](CC(C)C)NC(=O)[C@H](Cc1cncn1C)NC(=O)CN(C)C(=O)[C@@H](NC(=O)[C@H](C)NC(=O)[C@H](Cc1c[nH]c2ccccc12)NC(=O)[C@@H](N)CCC(N)=O)C(C)C)C(N)=O. The maximum Gasteiger partial charge on any atom is 0.245 e. The van der Waals surface area contributed by atoms with E-state index in [-0.39, 0.29) is 43.9 Å². The number of likely N-dealkylation sites (N-methyl/N-ethyl adjacent to an activating group) is 1. The molecule has 3 aromatic rings. The van der Waals surface area contributed by atoms with Gasteiger partial charge in [-0.25, -0.2) is 4.98 Å². The highest BCUT2D eigenvalue weighted by Gasteiger charge is 2.34. The average molecular weight is 994 g/mol. The van der Waals surface area contributed by atoms with Crippen molar-refractivity contribution in [1.29, 1.82) is 0 Å². The Balaban J connectivity index is 1.73. The van der Waals surface area contributed by atoms with Crippen LogP contribution in [0.25, 0.3) is 10.9 Å². The topological polar surface area (TPSA) is 361 Å². The number of benzene rings is 1. The van der Waals surface area contributed by atoms with Crippen molar-refractivity contribution in [2.45, 2.75) is 142 Å². The number of carbonyl (C=O) groups is 9. The summed E-state index contributed by atoms with van der Waals surface area (Å²) in [6.45, 7) is 11.7. The predicted octanol–water partition coefficient (Wildman–Crippen LogP) is -1.35. The van der Waals surface area contributed by atoms with Gasteiger partial charge < -0.3 is 68.7 Å². The quantitative estimate of drug-likeness (QED) is 0.0385. The number of carbonyl (C=O) groups excluding carboxylic acids is 9. The molecule has 8 atom stereocenters. The van der Waals surface area contributed by atoms with Crippen molar-refractivity contribution in [3.8, 4) is 0 Å². The molecule has 0 radical (unpaired) electrons. The molecule has 71 heavy (non-hydrogen) atoms. The van der Waals surface area contributed by atoms with Crippen LogP contribution >= 0.6 is 0 Å². The number of hydrogen-bond donors (Lipinski definition) is 11. The maximum absolute atomic E-state index is 14.0. The Morgan fingerprint density at radius 1 is 0.761 bits per heavy atom. The van der Waals surface area contributed by atoms with Gasteiger partial charge in [0.2, 0.25) is 53.2 Å². The number of nitrogens with zero attached hydrogens (tertiary/aromatic N) is 3. The van der Waals surface area contributed by atoms with Crippen LogP contribution in [0.5, 0.6) is 0 Å². The summed E-state index contributed by atoms with van der Waals surface area (Å²) in [7, 11) is 3.05. The normalized spacial score (nSPS) is 14.8. The van der Waals surface area contributed by atoms with Crippen molar-refractivity contribution in [2.75, 3.05) is 13.6 Å². The van der Waals surface area contributed by atoms with Crippen LogP contribution < -0.4 is 49.1 Å². The number of H-pyrrole nitrogens is 1. The fraction of sp³-hybridized carbons (Fsp3) is 0.583. The number of imidazole rings is 1. The van der Waals surface area contributed by atoms with Crippen LogP contribution in [0, 0.1) is 17.8 Å². The molecular formula is C48H75N13O10. The number of nitrogens with two attached hydrogens (primary N) is 3. The first kappa shape index (κ1) is 58.4. The standard InChI is InChI=1S/C48H75N13O10/c1-25(2)16-34(38(62)20-40(64)55-35(43(51)66)17-26(3)4)57-47(70)37(19-30-22-52-24-61(30)9)56-41(65)23-60(8)48(71)42(27(5)6)59-44(67)28(7)54-46(69)36(58-45(68)32(49)14-15-39(50)63)18-29-21-53-33-13-11-10-12-31(29)33/h10-13,21-22,24-28,32,34-38,42,53,62H,14-20,23,49H2,1-9H3,(H2,50,63)(H2,51,66)(H,54,69)(H,55,64)(H,56,65)(H,57,70)(H,58,68)(H,59,67)/t28-,32-,34+,35-,36-,37-,38+,42-/m0/s1. The van der Waals surface area contributed by atoms with E-state index < -0.39 is 120 Å². The van der Waals surface area contributed by atoms with E-state index in [1.165, 1.54) is 26.5 Å². The van der Waals surface area contributed by atoms with Gasteiger partial charge in [0.1, 0.15) is 30.2 Å². The van der Waals surface area contributed by atoms with Gasteiger partial charge in [-0.1, -0.05) is 59.7 Å². The van der Waals surface area contributed by atoms with Gasteiger partial charge in [-0.05, 0) is 55.6 Å². The largest absolute Gasteiger partial charge is 0.390 e. The molecule has 2 aromatic heterocycles. The molecule has 3 rings (SSSR count). The summed E-state index contributed by atoms with van der Waals surface area (Å²) >= 11 is 0. The van der Waals surface area contributed by atoms with Gasteiger partial charge in [0.15, 0.2) is 0 Å². The summed E-state index contributed by atoms with van der Waals surface area (Å²) in [6, 6.07) is -0.596.